The molecule has 2 atom stereocenters. The van der Waals surface area contributed by atoms with E-state index in [-0.39, 0.29) is 18.5 Å². The first-order valence-electron chi connectivity index (χ1n) is 35.8. The van der Waals surface area contributed by atoms with E-state index >= 15 is 0 Å². The summed E-state index contributed by atoms with van der Waals surface area (Å²) >= 11 is 0. The summed E-state index contributed by atoms with van der Waals surface area (Å²) in [6.07, 6.45) is 81.5. The second-order valence-corrected chi connectivity index (χ2v) is 24.9. The maximum absolute atomic E-state index is 12.6. The summed E-state index contributed by atoms with van der Waals surface area (Å²) in [6.45, 7) is 5.00. The molecule has 0 aromatic carbocycles. The number of amides is 1. The van der Waals surface area contributed by atoms with Crippen molar-refractivity contribution in [3.63, 3.8) is 0 Å². The van der Waals surface area contributed by atoms with Crippen LogP contribution in [-0.2, 0) is 14.3 Å². The highest BCUT2D eigenvalue weighted by Gasteiger charge is 2.20. The van der Waals surface area contributed by atoms with Gasteiger partial charge in [-0.25, -0.2) is 0 Å². The number of esters is 1. The highest BCUT2D eigenvalue weighted by molar-refractivity contribution is 5.76. The van der Waals surface area contributed by atoms with E-state index in [2.05, 4.69) is 19.2 Å². The van der Waals surface area contributed by atoms with Crippen molar-refractivity contribution >= 4 is 11.9 Å². The Kier molecular flexibility index (Phi) is 66.4. The van der Waals surface area contributed by atoms with Gasteiger partial charge in [0.1, 0.15) is 0 Å². The average Bonchev–Trinajstić information content (AvgIpc) is 3.43. The first-order chi connectivity index (χ1) is 38.0. The zero-order valence-corrected chi connectivity index (χ0v) is 52.7. The summed E-state index contributed by atoms with van der Waals surface area (Å²) < 4.78 is 5.48. The van der Waals surface area contributed by atoms with Crippen molar-refractivity contribution in [2.75, 3.05) is 13.2 Å². The maximum atomic E-state index is 12.6. The molecule has 2 unspecified atom stereocenters. The molecule has 0 bridgehead atoms. The molecule has 0 fully saturated rings. The van der Waals surface area contributed by atoms with Crippen LogP contribution in [0.4, 0.5) is 0 Å². The van der Waals surface area contributed by atoms with Gasteiger partial charge in [-0.2, -0.15) is 0 Å². The van der Waals surface area contributed by atoms with Crippen LogP contribution in [0, 0.1) is 0 Å². The Bertz CT molecular complexity index is 1120. The molecule has 6 heteroatoms. The summed E-state index contributed by atoms with van der Waals surface area (Å²) in [4.78, 5) is 24.6. The van der Waals surface area contributed by atoms with Gasteiger partial charge in [-0.1, -0.05) is 380 Å². The summed E-state index contributed by atoms with van der Waals surface area (Å²) in [5.41, 5.74) is 0. The number of carbonyl (C=O) groups excluding carboxylic acids is 2. The number of nitrogens with one attached hydrogen (secondary N) is 1. The second-order valence-electron chi connectivity index (χ2n) is 24.9. The van der Waals surface area contributed by atoms with Gasteiger partial charge in [-0.05, 0) is 25.7 Å². The molecule has 0 aromatic rings. The number of carbonyl (C=O) groups is 2. The lowest BCUT2D eigenvalue weighted by atomic mass is 10.0. The second kappa shape index (κ2) is 67.4. The Balaban J connectivity index is 3.36. The minimum absolute atomic E-state index is 0.0185. The third-order valence-electron chi connectivity index (χ3n) is 17.2. The van der Waals surface area contributed by atoms with Crippen LogP contribution in [-0.4, -0.2) is 47.4 Å². The Morgan fingerprint density at radius 3 is 0.792 bits per heavy atom. The monoisotopic (exact) mass is 1090 g/mol. The molecule has 0 radical (unpaired) electrons. The molecule has 3 N–H and O–H groups in total. The molecule has 0 aromatic heterocycles. The smallest absolute Gasteiger partial charge is 0.305 e. The Hall–Kier alpha value is -1.14. The number of aliphatic hydroxyl groups excluding tert-OH is 2. The highest BCUT2D eigenvalue weighted by Crippen LogP contribution is 2.20. The molecule has 0 spiro atoms. The molecule has 0 saturated heterocycles. The fourth-order valence-electron chi connectivity index (χ4n) is 11.7. The van der Waals surface area contributed by atoms with Crippen LogP contribution in [0.5, 0.6) is 0 Å². The number of hydrogen-bond acceptors (Lipinski definition) is 5. The fraction of sp³-hybridized carbons (Fsp3) is 0.972. The molecule has 77 heavy (non-hydrogen) atoms. The van der Waals surface area contributed by atoms with Crippen molar-refractivity contribution in [2.45, 2.75) is 431 Å². The van der Waals surface area contributed by atoms with Crippen molar-refractivity contribution < 1.29 is 24.5 Å². The van der Waals surface area contributed by atoms with Crippen LogP contribution < -0.4 is 5.32 Å². The molecule has 0 aliphatic heterocycles. The summed E-state index contributed by atoms with van der Waals surface area (Å²) in [6, 6.07) is -0.540. The molecular formula is C71H141NO5. The van der Waals surface area contributed by atoms with Gasteiger partial charge in [0, 0.05) is 12.8 Å². The highest BCUT2D eigenvalue weighted by atomic mass is 16.5. The van der Waals surface area contributed by atoms with E-state index in [4.69, 9.17) is 4.74 Å². The lowest BCUT2D eigenvalue weighted by molar-refractivity contribution is -0.143. The lowest BCUT2D eigenvalue weighted by Gasteiger charge is -2.22. The fourth-order valence-corrected chi connectivity index (χ4v) is 11.7. The topological polar surface area (TPSA) is 95.9 Å². The molecule has 0 heterocycles. The van der Waals surface area contributed by atoms with Crippen LogP contribution in [0.3, 0.4) is 0 Å². The van der Waals surface area contributed by atoms with Crippen LogP contribution in [0.2, 0.25) is 0 Å². The van der Waals surface area contributed by atoms with E-state index in [0.29, 0.717) is 25.9 Å². The SMILES string of the molecule is CCCCCCCCCCCCCCCCCCCCCCCCCC(O)C(CO)NC(=O)CCCCCCCCCCCCCCCCCCCCCCCCCCCOC(=O)CCCCCCCCCCCCCC. The third kappa shape index (κ3) is 63.9. The Morgan fingerprint density at radius 1 is 0.312 bits per heavy atom. The quantitative estimate of drug-likeness (QED) is 0.0417. The minimum atomic E-state index is -0.663. The van der Waals surface area contributed by atoms with Crippen molar-refractivity contribution in [3.05, 3.63) is 0 Å². The normalized spacial score (nSPS) is 12.4. The van der Waals surface area contributed by atoms with Gasteiger partial charge < -0.3 is 20.3 Å². The first kappa shape index (κ1) is 75.9. The zero-order valence-electron chi connectivity index (χ0n) is 52.7. The minimum Gasteiger partial charge on any atom is -0.466 e. The largest absolute Gasteiger partial charge is 0.466 e. The molecule has 460 valence electrons. The molecule has 0 aliphatic carbocycles. The van der Waals surface area contributed by atoms with E-state index in [9.17, 15) is 19.8 Å². The predicted octanol–water partition coefficient (Wildman–Crippen LogP) is 23.0. The van der Waals surface area contributed by atoms with Crippen molar-refractivity contribution in [1.29, 1.82) is 0 Å². The van der Waals surface area contributed by atoms with E-state index in [1.807, 2.05) is 0 Å². The van der Waals surface area contributed by atoms with E-state index in [1.54, 1.807) is 0 Å². The van der Waals surface area contributed by atoms with Crippen LogP contribution in [0.15, 0.2) is 0 Å². The van der Waals surface area contributed by atoms with Crippen molar-refractivity contribution in [2.24, 2.45) is 0 Å². The van der Waals surface area contributed by atoms with Crippen LogP contribution in [0.25, 0.3) is 0 Å². The summed E-state index contributed by atoms with van der Waals surface area (Å²) in [7, 11) is 0. The van der Waals surface area contributed by atoms with E-state index in [1.165, 1.54) is 347 Å². The standard InChI is InChI=1S/C71H141NO5/c1-3-5-7-9-11-13-15-17-18-19-20-21-25-28-31-34-37-40-43-47-51-55-59-63-69(74)68(67-73)72-70(75)64-60-56-52-48-44-41-38-35-32-29-26-23-22-24-27-30-33-36-39-42-46-50-54-58-62-66-77-71(76)65-61-57-53-49-45-16-14-12-10-8-6-4-2/h68-69,73-74H,3-67H2,1-2H3,(H,72,75). The van der Waals surface area contributed by atoms with Crippen LogP contribution >= 0.6 is 0 Å². The van der Waals surface area contributed by atoms with Crippen molar-refractivity contribution in [1.82, 2.24) is 5.32 Å². The number of rotatable bonds is 68. The molecule has 0 saturated carbocycles. The number of aliphatic hydroxyl groups is 2. The lowest BCUT2D eigenvalue weighted by Crippen LogP contribution is -2.45. The van der Waals surface area contributed by atoms with E-state index < -0.39 is 12.1 Å². The predicted molar refractivity (Wildman–Crippen MR) is 338 cm³/mol. The maximum Gasteiger partial charge on any atom is 0.305 e. The first-order valence-corrected chi connectivity index (χ1v) is 35.8. The van der Waals surface area contributed by atoms with Crippen LogP contribution in [0.1, 0.15) is 418 Å². The molecule has 6 nitrogen and oxygen atoms in total. The van der Waals surface area contributed by atoms with Gasteiger partial charge in [-0.15, -0.1) is 0 Å². The van der Waals surface area contributed by atoms with Gasteiger partial charge in [0.15, 0.2) is 0 Å². The van der Waals surface area contributed by atoms with Gasteiger partial charge in [-0.3, -0.25) is 9.59 Å². The average molecular weight is 1090 g/mol. The van der Waals surface area contributed by atoms with Gasteiger partial charge in [0.25, 0.3) is 0 Å². The van der Waals surface area contributed by atoms with Crippen molar-refractivity contribution in [3.8, 4) is 0 Å². The number of hydrogen-bond donors (Lipinski definition) is 3. The molecular weight excluding hydrogens is 947 g/mol. The van der Waals surface area contributed by atoms with E-state index in [0.717, 1.165) is 38.5 Å². The Labute approximate surface area is 483 Å². The summed E-state index contributed by atoms with van der Waals surface area (Å²) in [5, 5.41) is 23.4. The molecule has 0 aliphatic rings. The van der Waals surface area contributed by atoms with Gasteiger partial charge >= 0.3 is 5.97 Å². The Morgan fingerprint density at radius 2 is 0.532 bits per heavy atom. The molecule has 1 amide bonds. The third-order valence-corrected chi connectivity index (χ3v) is 17.2. The zero-order chi connectivity index (χ0) is 55.7. The summed E-state index contributed by atoms with van der Waals surface area (Å²) in [5.74, 6) is -0.00882. The number of unbranched alkanes of at least 4 members (excludes halogenated alkanes) is 57. The number of ether oxygens (including phenoxy) is 1. The van der Waals surface area contributed by atoms with Gasteiger partial charge in [0.2, 0.25) is 5.91 Å². The molecule has 0 rings (SSSR count). The van der Waals surface area contributed by atoms with Gasteiger partial charge in [0.05, 0.1) is 25.4 Å².